The molecule has 4 nitrogen and oxygen atoms in total. The fraction of sp³-hybridized carbons (Fsp3) is 0.333. The first kappa shape index (κ1) is 12.0. The molecule has 6 heteroatoms. The Morgan fingerprint density at radius 2 is 2.22 bits per heavy atom. The van der Waals surface area contributed by atoms with Crippen molar-refractivity contribution in [2.24, 2.45) is 0 Å². The van der Waals surface area contributed by atoms with Crippen LogP contribution in [0.3, 0.4) is 0 Å². The average Bonchev–Trinajstić information content (AvgIpc) is 2.85. The summed E-state index contributed by atoms with van der Waals surface area (Å²) in [5, 5.41) is 9.63. The van der Waals surface area contributed by atoms with Crippen molar-refractivity contribution in [3.8, 4) is 0 Å². The van der Waals surface area contributed by atoms with Crippen LogP contribution < -0.4 is 4.90 Å². The van der Waals surface area contributed by atoms with E-state index in [1.54, 1.807) is 6.33 Å². The predicted molar refractivity (Wildman–Crippen MR) is 75.2 cm³/mol. The van der Waals surface area contributed by atoms with Gasteiger partial charge in [0.25, 0.3) is 0 Å². The lowest BCUT2D eigenvalue weighted by atomic mass is 10.2. The van der Waals surface area contributed by atoms with Crippen LogP contribution >= 0.6 is 27.5 Å². The minimum atomic E-state index is 0.778. The van der Waals surface area contributed by atoms with Crippen molar-refractivity contribution in [2.45, 2.75) is 18.4 Å². The zero-order chi connectivity index (χ0) is 12.5. The monoisotopic (exact) mass is 326 g/mol. The summed E-state index contributed by atoms with van der Waals surface area (Å²) in [4.78, 5) is 2.27. The smallest absolute Gasteiger partial charge is 0.152 e. The second-order valence-electron chi connectivity index (χ2n) is 4.27. The van der Waals surface area contributed by atoms with E-state index in [0.29, 0.717) is 0 Å². The number of fused-ring (bicyclic) bond motifs is 1. The quantitative estimate of drug-likeness (QED) is 0.795. The van der Waals surface area contributed by atoms with Gasteiger partial charge in [0, 0.05) is 29.1 Å². The average molecular weight is 328 g/mol. The zero-order valence-corrected chi connectivity index (χ0v) is 12.0. The van der Waals surface area contributed by atoms with Gasteiger partial charge in [-0.2, -0.15) is 0 Å². The molecule has 3 rings (SSSR count). The Balaban J connectivity index is 1.86. The van der Waals surface area contributed by atoms with Gasteiger partial charge >= 0.3 is 0 Å². The molecule has 0 bridgehead atoms. The van der Waals surface area contributed by atoms with Gasteiger partial charge in [0.1, 0.15) is 6.33 Å². The molecule has 0 atom stereocenters. The Morgan fingerprint density at radius 3 is 3.00 bits per heavy atom. The molecule has 1 aromatic heterocycles. The summed E-state index contributed by atoms with van der Waals surface area (Å²) in [6, 6.07) is 6.18. The van der Waals surface area contributed by atoms with E-state index >= 15 is 0 Å². The van der Waals surface area contributed by atoms with Gasteiger partial charge in [0.05, 0.1) is 6.54 Å². The van der Waals surface area contributed by atoms with Crippen LogP contribution in [0.15, 0.2) is 24.5 Å². The molecule has 0 fully saturated rings. The number of benzene rings is 1. The molecule has 1 aromatic carbocycles. The minimum Gasteiger partial charge on any atom is -0.362 e. The van der Waals surface area contributed by atoms with Gasteiger partial charge in [-0.1, -0.05) is 33.6 Å². The molecule has 0 spiro atoms. The molecule has 0 radical (unpaired) electrons. The van der Waals surface area contributed by atoms with Gasteiger partial charge in [0.2, 0.25) is 0 Å². The number of alkyl halides is 1. The Hall–Kier alpha value is -1.07. The van der Waals surface area contributed by atoms with Crippen molar-refractivity contribution in [1.82, 2.24) is 14.8 Å². The molecule has 0 unspecified atom stereocenters. The number of anilines is 1. The van der Waals surface area contributed by atoms with E-state index in [0.717, 1.165) is 47.1 Å². The van der Waals surface area contributed by atoms with Crippen LogP contribution in [0.1, 0.15) is 11.4 Å². The first-order valence-electron chi connectivity index (χ1n) is 5.74. The number of aromatic nitrogens is 3. The predicted octanol–water partition coefficient (Wildman–Crippen LogP) is 2.85. The summed E-state index contributed by atoms with van der Waals surface area (Å²) in [5.41, 5.74) is 2.25. The standard InChI is InChI=1S/C12H12BrClN4/c13-6-9-1-2-10(5-11(9)14)17-3-4-18-8-15-16-12(18)7-17/h1-2,5,8H,3-4,6-7H2. The van der Waals surface area contributed by atoms with Gasteiger partial charge in [-0.25, -0.2) is 0 Å². The fourth-order valence-corrected chi connectivity index (χ4v) is 3.02. The second kappa shape index (κ2) is 4.90. The highest BCUT2D eigenvalue weighted by Crippen LogP contribution is 2.27. The summed E-state index contributed by atoms with van der Waals surface area (Å²) >= 11 is 9.66. The van der Waals surface area contributed by atoms with E-state index < -0.39 is 0 Å². The van der Waals surface area contributed by atoms with Crippen molar-refractivity contribution in [1.29, 1.82) is 0 Å². The van der Waals surface area contributed by atoms with Crippen LogP contribution in [-0.4, -0.2) is 21.3 Å². The van der Waals surface area contributed by atoms with E-state index in [4.69, 9.17) is 11.6 Å². The van der Waals surface area contributed by atoms with Crippen LogP contribution in [0.4, 0.5) is 5.69 Å². The molecule has 0 saturated heterocycles. The molecular formula is C12H12BrClN4. The summed E-state index contributed by atoms with van der Waals surface area (Å²) in [5.74, 6) is 1.00. The van der Waals surface area contributed by atoms with Crippen molar-refractivity contribution in [3.63, 3.8) is 0 Å². The first-order chi connectivity index (χ1) is 8.78. The number of hydrogen-bond acceptors (Lipinski definition) is 3. The van der Waals surface area contributed by atoms with Gasteiger partial charge in [-0.3, -0.25) is 0 Å². The van der Waals surface area contributed by atoms with Crippen LogP contribution in [0.2, 0.25) is 5.02 Å². The Kier molecular flexibility index (Phi) is 3.26. The maximum atomic E-state index is 6.24. The lowest BCUT2D eigenvalue weighted by molar-refractivity contribution is 0.560. The SMILES string of the molecule is Clc1cc(N2CCn3cnnc3C2)ccc1CBr. The van der Waals surface area contributed by atoms with Crippen molar-refractivity contribution in [3.05, 3.63) is 40.9 Å². The van der Waals surface area contributed by atoms with Crippen LogP contribution in [0.5, 0.6) is 0 Å². The van der Waals surface area contributed by atoms with Gasteiger partial charge < -0.3 is 9.47 Å². The highest BCUT2D eigenvalue weighted by atomic mass is 79.9. The molecule has 1 aliphatic rings. The summed E-state index contributed by atoms with van der Waals surface area (Å²) < 4.78 is 2.09. The molecule has 0 amide bonds. The maximum absolute atomic E-state index is 6.24. The normalized spacial score (nSPS) is 14.7. The van der Waals surface area contributed by atoms with Crippen molar-refractivity contribution < 1.29 is 0 Å². The molecule has 0 aliphatic carbocycles. The van der Waals surface area contributed by atoms with E-state index in [2.05, 4.69) is 47.7 Å². The first-order valence-corrected chi connectivity index (χ1v) is 7.24. The highest BCUT2D eigenvalue weighted by molar-refractivity contribution is 9.08. The Bertz CT molecular complexity index is 569. The topological polar surface area (TPSA) is 34.0 Å². The van der Waals surface area contributed by atoms with E-state index in [-0.39, 0.29) is 0 Å². The fourth-order valence-electron chi connectivity index (χ4n) is 2.13. The van der Waals surface area contributed by atoms with Crippen LogP contribution in [0.25, 0.3) is 0 Å². The summed E-state index contributed by atoms with van der Waals surface area (Å²) in [6.45, 7) is 2.65. The van der Waals surface area contributed by atoms with E-state index in [1.807, 2.05) is 6.07 Å². The third kappa shape index (κ3) is 2.12. The summed E-state index contributed by atoms with van der Waals surface area (Å²) in [6.07, 6.45) is 1.79. The number of rotatable bonds is 2. The molecule has 0 N–H and O–H groups in total. The maximum Gasteiger partial charge on any atom is 0.152 e. The lowest BCUT2D eigenvalue weighted by Gasteiger charge is -2.29. The highest BCUT2D eigenvalue weighted by Gasteiger charge is 2.18. The largest absolute Gasteiger partial charge is 0.362 e. The number of halogens is 2. The number of nitrogens with zero attached hydrogens (tertiary/aromatic N) is 4. The molecule has 18 heavy (non-hydrogen) atoms. The van der Waals surface area contributed by atoms with Crippen molar-refractivity contribution in [2.75, 3.05) is 11.4 Å². The molecule has 1 aliphatic heterocycles. The molecule has 94 valence electrons. The Morgan fingerprint density at radius 1 is 1.33 bits per heavy atom. The van der Waals surface area contributed by atoms with E-state index in [9.17, 15) is 0 Å². The van der Waals surface area contributed by atoms with Crippen molar-refractivity contribution >= 4 is 33.2 Å². The molecule has 2 aromatic rings. The minimum absolute atomic E-state index is 0.778. The molecule has 2 heterocycles. The van der Waals surface area contributed by atoms with Gasteiger partial charge in [-0.15, -0.1) is 10.2 Å². The summed E-state index contributed by atoms with van der Waals surface area (Å²) in [7, 11) is 0. The zero-order valence-electron chi connectivity index (χ0n) is 9.68. The number of hydrogen-bond donors (Lipinski definition) is 0. The third-order valence-corrected chi connectivity index (χ3v) is 4.14. The Labute approximate surface area is 119 Å². The van der Waals surface area contributed by atoms with Gasteiger partial charge in [-0.05, 0) is 17.7 Å². The molecular weight excluding hydrogens is 316 g/mol. The lowest BCUT2D eigenvalue weighted by Crippen LogP contribution is -2.33. The second-order valence-corrected chi connectivity index (χ2v) is 5.24. The molecule has 0 saturated carbocycles. The van der Waals surface area contributed by atoms with E-state index in [1.165, 1.54) is 0 Å². The van der Waals surface area contributed by atoms with Crippen LogP contribution in [0, 0.1) is 0 Å². The van der Waals surface area contributed by atoms with Crippen LogP contribution in [-0.2, 0) is 18.4 Å². The van der Waals surface area contributed by atoms with Gasteiger partial charge in [0.15, 0.2) is 5.82 Å². The third-order valence-electron chi connectivity index (χ3n) is 3.18.